The smallest absolute Gasteiger partial charge is 0.245 e. The van der Waals surface area contributed by atoms with E-state index >= 15 is 0 Å². The van der Waals surface area contributed by atoms with Gasteiger partial charge in [-0.3, -0.25) is 9.10 Å². The summed E-state index contributed by atoms with van der Waals surface area (Å²) in [5.74, 6) is -0.505. The minimum atomic E-state index is -3.87. The molecule has 0 radical (unpaired) electrons. The van der Waals surface area contributed by atoms with Crippen molar-refractivity contribution in [2.75, 3.05) is 22.4 Å². The largest absolute Gasteiger partial charge is 0.455 e. The molecule has 1 N–H and O–H groups in total. The van der Waals surface area contributed by atoms with Gasteiger partial charge >= 0.3 is 0 Å². The Hall–Kier alpha value is -2.81. The molecule has 0 bridgehead atoms. The number of carbonyl (C=O) groups excluding carboxylic acids is 1. The molecule has 3 aromatic carbocycles. The van der Waals surface area contributed by atoms with Crippen molar-refractivity contribution in [2.24, 2.45) is 0 Å². The van der Waals surface area contributed by atoms with Crippen LogP contribution in [0.15, 0.2) is 66.7 Å². The number of ether oxygens (including phenoxy) is 1. The molecule has 0 spiro atoms. The molecular weight excluding hydrogens is 466 g/mol. The predicted molar refractivity (Wildman–Crippen MR) is 120 cm³/mol. The molecule has 0 aliphatic carbocycles. The minimum Gasteiger partial charge on any atom is -0.455 e. The van der Waals surface area contributed by atoms with Crippen LogP contribution in [0.5, 0.6) is 11.5 Å². The fourth-order valence-electron chi connectivity index (χ4n) is 2.66. The van der Waals surface area contributed by atoms with Crippen molar-refractivity contribution < 1.29 is 22.3 Å². The van der Waals surface area contributed by atoms with Crippen LogP contribution in [0.2, 0.25) is 10.0 Å². The van der Waals surface area contributed by atoms with Crippen LogP contribution in [0.4, 0.5) is 15.8 Å². The molecule has 162 valence electrons. The van der Waals surface area contributed by atoms with Gasteiger partial charge in [0.15, 0.2) is 5.75 Å². The SMILES string of the molecule is CS(=O)(=O)N(CC(=O)Nc1cc(Cl)ccc1Oc1ccccc1)c1ccc(F)c(Cl)c1. The van der Waals surface area contributed by atoms with Crippen molar-refractivity contribution in [1.82, 2.24) is 0 Å². The second kappa shape index (κ2) is 9.55. The molecule has 3 rings (SSSR count). The number of para-hydroxylation sites is 1. The Morgan fingerprint density at radius 1 is 1.06 bits per heavy atom. The first-order chi connectivity index (χ1) is 14.6. The highest BCUT2D eigenvalue weighted by Gasteiger charge is 2.22. The van der Waals surface area contributed by atoms with Gasteiger partial charge in [-0.25, -0.2) is 12.8 Å². The van der Waals surface area contributed by atoms with Crippen LogP contribution in [0.1, 0.15) is 0 Å². The Morgan fingerprint density at radius 3 is 2.42 bits per heavy atom. The van der Waals surface area contributed by atoms with Crippen LogP contribution in [-0.2, 0) is 14.8 Å². The van der Waals surface area contributed by atoms with E-state index in [0.717, 1.165) is 22.7 Å². The maximum atomic E-state index is 13.5. The van der Waals surface area contributed by atoms with E-state index in [0.29, 0.717) is 16.5 Å². The number of benzene rings is 3. The predicted octanol–water partition coefficient (Wildman–Crippen LogP) is 5.33. The van der Waals surface area contributed by atoms with Crippen LogP contribution >= 0.6 is 23.2 Å². The number of halogens is 3. The Kier molecular flexibility index (Phi) is 7.04. The molecule has 3 aromatic rings. The number of hydrogen-bond donors (Lipinski definition) is 1. The first-order valence-corrected chi connectivity index (χ1v) is 11.5. The second-order valence-corrected chi connectivity index (χ2v) is 9.22. The number of carbonyl (C=O) groups is 1. The van der Waals surface area contributed by atoms with Crippen molar-refractivity contribution >= 4 is 50.5 Å². The molecule has 10 heteroatoms. The molecule has 0 saturated carbocycles. The van der Waals surface area contributed by atoms with E-state index in [1.807, 2.05) is 6.07 Å². The van der Waals surface area contributed by atoms with Gasteiger partial charge in [0, 0.05) is 5.02 Å². The molecule has 0 aliphatic rings. The number of anilines is 2. The Morgan fingerprint density at radius 2 is 1.77 bits per heavy atom. The van der Waals surface area contributed by atoms with Gasteiger partial charge in [-0.05, 0) is 48.5 Å². The summed E-state index contributed by atoms with van der Waals surface area (Å²) >= 11 is 11.8. The highest BCUT2D eigenvalue weighted by atomic mass is 35.5. The summed E-state index contributed by atoms with van der Waals surface area (Å²) in [5.41, 5.74) is 0.308. The van der Waals surface area contributed by atoms with E-state index in [-0.39, 0.29) is 16.4 Å². The standard InChI is InChI=1S/C21H17Cl2FN2O4S/c1-31(28,29)26(15-8-9-18(24)17(23)12-15)13-21(27)25-19-11-14(22)7-10-20(19)30-16-5-3-2-4-6-16/h2-12H,13H2,1H3,(H,25,27). The van der Waals surface area contributed by atoms with E-state index in [9.17, 15) is 17.6 Å². The fraction of sp³-hybridized carbons (Fsp3) is 0.0952. The fourth-order valence-corrected chi connectivity index (χ4v) is 3.86. The number of sulfonamides is 1. The zero-order valence-corrected chi connectivity index (χ0v) is 18.5. The number of amides is 1. The Labute approximate surface area is 189 Å². The summed E-state index contributed by atoms with van der Waals surface area (Å²) in [6.45, 7) is -0.571. The summed E-state index contributed by atoms with van der Waals surface area (Å²) in [6.07, 6.45) is 0.931. The molecule has 0 atom stereocenters. The van der Waals surface area contributed by atoms with Crippen LogP contribution in [0, 0.1) is 5.82 Å². The molecule has 6 nitrogen and oxygen atoms in total. The van der Waals surface area contributed by atoms with Gasteiger partial charge in [-0.2, -0.15) is 0 Å². The Bertz CT molecular complexity index is 1210. The van der Waals surface area contributed by atoms with Crippen LogP contribution in [0.3, 0.4) is 0 Å². The lowest BCUT2D eigenvalue weighted by molar-refractivity contribution is -0.114. The molecule has 0 saturated heterocycles. The lowest BCUT2D eigenvalue weighted by Gasteiger charge is -2.22. The van der Waals surface area contributed by atoms with Crippen molar-refractivity contribution in [3.8, 4) is 11.5 Å². The third kappa shape index (κ3) is 6.10. The highest BCUT2D eigenvalue weighted by Crippen LogP contribution is 2.32. The molecule has 0 fully saturated rings. The summed E-state index contributed by atoms with van der Waals surface area (Å²) in [6, 6.07) is 16.9. The maximum Gasteiger partial charge on any atom is 0.245 e. The first kappa shape index (κ1) is 22.9. The highest BCUT2D eigenvalue weighted by molar-refractivity contribution is 7.92. The molecular formula is C21H17Cl2FN2O4S. The summed E-state index contributed by atoms with van der Waals surface area (Å²) in [5, 5.41) is 2.69. The van der Waals surface area contributed by atoms with E-state index < -0.39 is 28.3 Å². The quantitative estimate of drug-likeness (QED) is 0.493. The van der Waals surface area contributed by atoms with Crippen molar-refractivity contribution in [2.45, 2.75) is 0 Å². The van der Waals surface area contributed by atoms with Crippen LogP contribution in [0.25, 0.3) is 0 Å². The third-order valence-corrected chi connectivity index (χ3v) is 5.73. The van der Waals surface area contributed by atoms with Gasteiger partial charge in [0.05, 0.1) is 22.7 Å². The molecule has 31 heavy (non-hydrogen) atoms. The van der Waals surface area contributed by atoms with Gasteiger partial charge < -0.3 is 10.1 Å². The van der Waals surface area contributed by atoms with E-state index in [4.69, 9.17) is 27.9 Å². The summed E-state index contributed by atoms with van der Waals surface area (Å²) in [4.78, 5) is 12.7. The zero-order chi connectivity index (χ0) is 22.6. The van der Waals surface area contributed by atoms with E-state index in [1.165, 1.54) is 12.1 Å². The monoisotopic (exact) mass is 482 g/mol. The normalized spacial score (nSPS) is 11.1. The lowest BCUT2D eigenvalue weighted by atomic mass is 10.2. The van der Waals surface area contributed by atoms with Crippen LogP contribution in [-0.4, -0.2) is 27.1 Å². The molecule has 0 aromatic heterocycles. The van der Waals surface area contributed by atoms with Gasteiger partial charge in [0.2, 0.25) is 15.9 Å². The van der Waals surface area contributed by atoms with Gasteiger partial charge in [0.1, 0.15) is 18.1 Å². The summed E-state index contributed by atoms with van der Waals surface area (Å²) in [7, 11) is -3.87. The van der Waals surface area contributed by atoms with Crippen LogP contribution < -0.4 is 14.4 Å². The van der Waals surface area contributed by atoms with Gasteiger partial charge in [-0.1, -0.05) is 41.4 Å². The van der Waals surface area contributed by atoms with E-state index in [1.54, 1.807) is 36.4 Å². The zero-order valence-electron chi connectivity index (χ0n) is 16.2. The van der Waals surface area contributed by atoms with E-state index in [2.05, 4.69) is 5.32 Å². The number of nitrogens with one attached hydrogen (secondary N) is 1. The maximum absolute atomic E-state index is 13.5. The second-order valence-electron chi connectivity index (χ2n) is 6.47. The molecule has 1 amide bonds. The first-order valence-electron chi connectivity index (χ1n) is 8.88. The average Bonchev–Trinajstić information content (AvgIpc) is 2.70. The molecule has 0 aliphatic heterocycles. The summed E-state index contributed by atoms with van der Waals surface area (Å²) < 4.78 is 44.5. The topological polar surface area (TPSA) is 75.7 Å². The third-order valence-electron chi connectivity index (χ3n) is 4.07. The van der Waals surface area contributed by atoms with Crippen molar-refractivity contribution in [3.63, 3.8) is 0 Å². The number of hydrogen-bond acceptors (Lipinski definition) is 4. The lowest BCUT2D eigenvalue weighted by Crippen LogP contribution is -2.37. The minimum absolute atomic E-state index is 0.0518. The number of nitrogens with zero attached hydrogens (tertiary/aromatic N) is 1. The van der Waals surface area contributed by atoms with Gasteiger partial charge in [-0.15, -0.1) is 0 Å². The number of rotatable bonds is 7. The average molecular weight is 483 g/mol. The van der Waals surface area contributed by atoms with Crippen molar-refractivity contribution in [1.29, 1.82) is 0 Å². The Balaban J connectivity index is 1.84. The van der Waals surface area contributed by atoms with Crippen molar-refractivity contribution in [3.05, 3.63) is 82.6 Å². The molecule has 0 heterocycles. The van der Waals surface area contributed by atoms with Gasteiger partial charge in [0.25, 0.3) is 0 Å². The molecule has 0 unspecified atom stereocenters.